The fourth-order valence-corrected chi connectivity index (χ4v) is 1.91. The van der Waals surface area contributed by atoms with Crippen LogP contribution >= 0.6 is 0 Å². The summed E-state index contributed by atoms with van der Waals surface area (Å²) in [5, 5.41) is 11.7. The summed E-state index contributed by atoms with van der Waals surface area (Å²) in [5.41, 5.74) is 0. The van der Waals surface area contributed by atoms with Gasteiger partial charge < -0.3 is 20.1 Å². The van der Waals surface area contributed by atoms with E-state index < -0.39 is 12.0 Å². The molecule has 0 spiro atoms. The van der Waals surface area contributed by atoms with E-state index in [0.717, 1.165) is 6.42 Å². The maximum atomic E-state index is 12.0. The minimum absolute atomic E-state index is 0.0383. The quantitative estimate of drug-likeness (QED) is 0.768. The van der Waals surface area contributed by atoms with Crippen LogP contribution in [-0.2, 0) is 9.53 Å². The number of hydrogen-bond donors (Lipinski definition) is 2. The summed E-state index contributed by atoms with van der Waals surface area (Å²) >= 11 is 0. The largest absolute Gasteiger partial charge is 0.480 e. The first kappa shape index (κ1) is 14.8. The zero-order valence-electron chi connectivity index (χ0n) is 11.2. The van der Waals surface area contributed by atoms with Crippen molar-refractivity contribution in [1.29, 1.82) is 0 Å². The van der Waals surface area contributed by atoms with Crippen LogP contribution in [0.15, 0.2) is 0 Å². The Balaban J connectivity index is 2.57. The van der Waals surface area contributed by atoms with Crippen molar-refractivity contribution in [1.82, 2.24) is 10.2 Å². The van der Waals surface area contributed by atoms with Crippen molar-refractivity contribution >= 4 is 12.0 Å². The van der Waals surface area contributed by atoms with Crippen molar-refractivity contribution in [2.75, 3.05) is 20.3 Å². The molecule has 1 aliphatic rings. The van der Waals surface area contributed by atoms with Crippen LogP contribution in [0.25, 0.3) is 0 Å². The van der Waals surface area contributed by atoms with Gasteiger partial charge in [-0.1, -0.05) is 20.3 Å². The third-order valence-electron chi connectivity index (χ3n) is 3.53. The number of carbonyl (C=O) groups is 2. The van der Waals surface area contributed by atoms with Gasteiger partial charge in [-0.2, -0.15) is 0 Å². The van der Waals surface area contributed by atoms with Gasteiger partial charge in [0.05, 0.1) is 12.6 Å². The van der Waals surface area contributed by atoms with E-state index in [9.17, 15) is 9.59 Å². The molecular formula is C12H22N2O4. The molecule has 104 valence electrons. The first-order valence-corrected chi connectivity index (χ1v) is 6.31. The predicted octanol–water partition coefficient (Wildman–Crippen LogP) is 0.916. The molecule has 18 heavy (non-hydrogen) atoms. The molecule has 0 aliphatic carbocycles. The third-order valence-corrected chi connectivity index (χ3v) is 3.53. The van der Waals surface area contributed by atoms with E-state index in [0.29, 0.717) is 19.6 Å². The molecular weight excluding hydrogens is 236 g/mol. The van der Waals surface area contributed by atoms with Crippen LogP contribution in [0.3, 0.4) is 0 Å². The average molecular weight is 258 g/mol. The molecule has 2 N–H and O–H groups in total. The molecule has 0 bridgehead atoms. The van der Waals surface area contributed by atoms with E-state index in [1.165, 1.54) is 4.90 Å². The first-order valence-electron chi connectivity index (χ1n) is 6.31. The molecule has 6 nitrogen and oxygen atoms in total. The number of hydrogen-bond acceptors (Lipinski definition) is 3. The molecule has 1 rings (SSSR count). The summed E-state index contributed by atoms with van der Waals surface area (Å²) in [6, 6.07) is -1.15. The maximum absolute atomic E-state index is 12.0. The van der Waals surface area contributed by atoms with E-state index in [1.54, 1.807) is 7.05 Å². The summed E-state index contributed by atoms with van der Waals surface area (Å²) in [5.74, 6) is -1.09. The highest BCUT2D eigenvalue weighted by molar-refractivity contribution is 5.82. The van der Waals surface area contributed by atoms with Gasteiger partial charge in [0.25, 0.3) is 0 Å². The van der Waals surface area contributed by atoms with Crippen LogP contribution in [0.5, 0.6) is 0 Å². The Bertz CT molecular complexity index is 302. The van der Waals surface area contributed by atoms with Gasteiger partial charge in [0.15, 0.2) is 0 Å². The van der Waals surface area contributed by atoms with Gasteiger partial charge in [0.2, 0.25) is 0 Å². The second-order valence-corrected chi connectivity index (χ2v) is 4.78. The molecule has 3 atom stereocenters. The fourth-order valence-electron chi connectivity index (χ4n) is 1.91. The molecule has 2 amide bonds. The minimum Gasteiger partial charge on any atom is -0.480 e. The van der Waals surface area contributed by atoms with Crippen LogP contribution in [-0.4, -0.2) is 54.4 Å². The molecule has 0 aromatic carbocycles. The molecule has 0 aromatic heterocycles. The number of rotatable bonds is 5. The zero-order chi connectivity index (χ0) is 13.7. The number of aliphatic carboxylic acids is 1. The summed E-state index contributed by atoms with van der Waals surface area (Å²) in [6.07, 6.45) is 1.50. The smallest absolute Gasteiger partial charge is 0.326 e. The van der Waals surface area contributed by atoms with Crippen molar-refractivity contribution in [2.45, 2.75) is 38.8 Å². The molecule has 2 unspecified atom stereocenters. The van der Waals surface area contributed by atoms with Crippen LogP contribution in [0.4, 0.5) is 4.79 Å². The highest BCUT2D eigenvalue weighted by Crippen LogP contribution is 2.12. The number of amides is 2. The van der Waals surface area contributed by atoms with Crippen molar-refractivity contribution in [2.24, 2.45) is 5.92 Å². The lowest BCUT2D eigenvalue weighted by Crippen LogP contribution is -2.52. The van der Waals surface area contributed by atoms with Crippen molar-refractivity contribution in [3.05, 3.63) is 0 Å². The molecule has 1 aliphatic heterocycles. The van der Waals surface area contributed by atoms with E-state index in [4.69, 9.17) is 9.84 Å². The number of urea groups is 1. The van der Waals surface area contributed by atoms with Gasteiger partial charge in [0.1, 0.15) is 6.04 Å². The normalized spacial score (nSPS) is 22.3. The molecule has 0 aromatic rings. The number of nitrogens with one attached hydrogen (secondary N) is 1. The van der Waals surface area contributed by atoms with E-state index in [-0.39, 0.29) is 18.0 Å². The van der Waals surface area contributed by atoms with Gasteiger partial charge >= 0.3 is 12.0 Å². The molecule has 1 saturated heterocycles. The number of ether oxygens (including phenoxy) is 1. The Morgan fingerprint density at radius 3 is 2.67 bits per heavy atom. The lowest BCUT2D eigenvalue weighted by molar-refractivity contribution is -0.140. The molecule has 0 saturated carbocycles. The topological polar surface area (TPSA) is 78.9 Å². The van der Waals surface area contributed by atoms with Crippen LogP contribution in [0.2, 0.25) is 0 Å². The standard InChI is InChI=1S/C12H22N2O4/c1-4-8(2)10(11(15)16)13-12(17)14(3)9-5-6-18-7-9/h8-10H,4-7H2,1-3H3,(H,13,17)(H,15,16)/t8?,9?,10-/m0/s1. The Labute approximate surface area is 107 Å². The summed E-state index contributed by atoms with van der Waals surface area (Å²) < 4.78 is 5.21. The monoisotopic (exact) mass is 258 g/mol. The predicted molar refractivity (Wildman–Crippen MR) is 66.4 cm³/mol. The van der Waals surface area contributed by atoms with Gasteiger partial charge in [-0.15, -0.1) is 0 Å². The van der Waals surface area contributed by atoms with Gasteiger partial charge in [0, 0.05) is 13.7 Å². The second kappa shape index (κ2) is 6.58. The number of carbonyl (C=O) groups excluding carboxylic acids is 1. The van der Waals surface area contributed by atoms with Gasteiger partial charge in [-0.05, 0) is 12.3 Å². The van der Waals surface area contributed by atoms with Crippen LogP contribution < -0.4 is 5.32 Å². The Morgan fingerprint density at radius 1 is 1.56 bits per heavy atom. The highest BCUT2D eigenvalue weighted by atomic mass is 16.5. The molecule has 6 heteroatoms. The Morgan fingerprint density at radius 2 is 2.22 bits per heavy atom. The second-order valence-electron chi connectivity index (χ2n) is 4.78. The van der Waals surface area contributed by atoms with Gasteiger partial charge in [-0.3, -0.25) is 0 Å². The summed E-state index contributed by atoms with van der Waals surface area (Å²) in [6.45, 7) is 4.89. The van der Waals surface area contributed by atoms with Crippen molar-refractivity contribution in [3.8, 4) is 0 Å². The number of carboxylic acid groups (broad SMARTS) is 1. The average Bonchev–Trinajstić information content (AvgIpc) is 2.87. The molecule has 0 radical (unpaired) electrons. The summed E-state index contributed by atoms with van der Waals surface area (Å²) in [4.78, 5) is 24.6. The van der Waals surface area contributed by atoms with Crippen molar-refractivity contribution in [3.63, 3.8) is 0 Å². The van der Waals surface area contributed by atoms with E-state index >= 15 is 0 Å². The number of likely N-dealkylation sites (N-methyl/N-ethyl adjacent to an activating group) is 1. The maximum Gasteiger partial charge on any atom is 0.326 e. The third kappa shape index (κ3) is 3.60. The van der Waals surface area contributed by atoms with Crippen LogP contribution in [0, 0.1) is 5.92 Å². The van der Waals surface area contributed by atoms with Gasteiger partial charge in [-0.25, -0.2) is 9.59 Å². The van der Waals surface area contributed by atoms with E-state index in [2.05, 4.69) is 5.32 Å². The number of nitrogens with zero attached hydrogens (tertiary/aromatic N) is 1. The zero-order valence-corrected chi connectivity index (χ0v) is 11.2. The van der Waals surface area contributed by atoms with Crippen molar-refractivity contribution < 1.29 is 19.4 Å². The number of carboxylic acids is 1. The first-order chi connectivity index (χ1) is 8.47. The lowest BCUT2D eigenvalue weighted by atomic mass is 9.99. The van der Waals surface area contributed by atoms with E-state index in [1.807, 2.05) is 13.8 Å². The SMILES string of the molecule is CCC(C)[C@H](NC(=O)N(C)C1CCOC1)C(=O)O. The Hall–Kier alpha value is -1.30. The highest BCUT2D eigenvalue weighted by Gasteiger charge is 2.29. The molecule has 1 heterocycles. The van der Waals surface area contributed by atoms with Crippen LogP contribution in [0.1, 0.15) is 26.7 Å². The molecule has 1 fully saturated rings. The Kier molecular flexibility index (Phi) is 5.40. The summed E-state index contributed by atoms with van der Waals surface area (Å²) in [7, 11) is 1.67. The minimum atomic E-state index is -0.992. The fraction of sp³-hybridized carbons (Fsp3) is 0.833. The lowest BCUT2D eigenvalue weighted by Gasteiger charge is -2.27.